The van der Waals surface area contributed by atoms with Crippen molar-refractivity contribution in [2.24, 2.45) is 0 Å². The van der Waals surface area contributed by atoms with Gasteiger partial charge in [-0.25, -0.2) is 13.3 Å². The number of aryl methyl sites for hydroxylation is 1. The van der Waals surface area contributed by atoms with Crippen LogP contribution in [0.4, 0.5) is 5.69 Å². The van der Waals surface area contributed by atoms with Crippen molar-refractivity contribution in [2.45, 2.75) is 25.0 Å². The van der Waals surface area contributed by atoms with Crippen LogP contribution in [0.15, 0.2) is 18.2 Å². The SMILES string of the molecule is Cc1ccc(Cl)c(N2C(=O)CC(C)(S(C)(=O)=O)C2=O)c1. The van der Waals surface area contributed by atoms with Crippen molar-refractivity contribution in [3.63, 3.8) is 0 Å². The molecule has 5 nitrogen and oxygen atoms in total. The number of nitrogens with zero attached hydrogens (tertiary/aromatic N) is 1. The van der Waals surface area contributed by atoms with Gasteiger partial charge in [0.1, 0.15) is 0 Å². The van der Waals surface area contributed by atoms with E-state index in [1.807, 2.05) is 0 Å². The molecule has 0 spiro atoms. The number of benzene rings is 1. The smallest absolute Gasteiger partial charge is 0.255 e. The molecular weight excluding hydrogens is 302 g/mol. The Hall–Kier alpha value is -1.40. The van der Waals surface area contributed by atoms with Crippen LogP contribution in [0, 0.1) is 6.92 Å². The number of halogens is 1. The lowest BCUT2D eigenvalue weighted by atomic mass is 10.1. The molecule has 1 unspecified atom stereocenters. The number of sulfone groups is 1. The van der Waals surface area contributed by atoms with E-state index in [4.69, 9.17) is 11.6 Å². The number of carbonyl (C=O) groups excluding carboxylic acids is 2. The molecule has 0 aliphatic carbocycles. The normalized spacial score (nSPS) is 23.5. The maximum absolute atomic E-state index is 12.4. The molecule has 1 heterocycles. The third-order valence-electron chi connectivity index (χ3n) is 3.55. The van der Waals surface area contributed by atoms with Gasteiger partial charge in [0.2, 0.25) is 5.91 Å². The summed E-state index contributed by atoms with van der Waals surface area (Å²) in [6, 6.07) is 4.90. The standard InChI is InChI=1S/C13H14ClNO4S/c1-8-4-5-9(14)10(6-8)15-11(16)7-13(2,12(15)17)20(3,18)19/h4-6H,7H2,1-3H3. The van der Waals surface area contributed by atoms with Gasteiger partial charge in [0.15, 0.2) is 14.6 Å². The van der Waals surface area contributed by atoms with Crippen molar-refractivity contribution < 1.29 is 18.0 Å². The highest BCUT2D eigenvalue weighted by Gasteiger charge is 2.55. The molecular formula is C13H14ClNO4S. The van der Waals surface area contributed by atoms with E-state index in [-0.39, 0.29) is 17.1 Å². The average molecular weight is 316 g/mol. The molecule has 1 fully saturated rings. The fraction of sp³-hybridized carbons (Fsp3) is 0.385. The summed E-state index contributed by atoms with van der Waals surface area (Å²) in [6.45, 7) is 3.06. The number of carbonyl (C=O) groups is 2. The first-order valence-corrected chi connectivity index (χ1v) is 8.18. The van der Waals surface area contributed by atoms with Gasteiger partial charge in [-0.15, -0.1) is 0 Å². The Bertz CT molecular complexity index is 713. The zero-order valence-electron chi connectivity index (χ0n) is 11.3. The molecule has 1 aromatic carbocycles. The van der Waals surface area contributed by atoms with E-state index < -0.39 is 26.4 Å². The molecule has 20 heavy (non-hydrogen) atoms. The van der Waals surface area contributed by atoms with Crippen molar-refractivity contribution in [3.05, 3.63) is 28.8 Å². The fourth-order valence-corrected chi connectivity index (χ4v) is 3.12. The number of anilines is 1. The van der Waals surface area contributed by atoms with Gasteiger partial charge in [-0.1, -0.05) is 17.7 Å². The predicted octanol–water partition coefficient (Wildman–Crippen LogP) is 1.72. The Kier molecular flexibility index (Phi) is 3.42. The van der Waals surface area contributed by atoms with Crippen LogP contribution < -0.4 is 4.90 Å². The Balaban J connectivity index is 2.58. The minimum atomic E-state index is -3.70. The summed E-state index contributed by atoms with van der Waals surface area (Å²) in [5.74, 6) is -1.31. The number of imide groups is 1. The molecule has 2 rings (SSSR count). The number of hydrogen-bond donors (Lipinski definition) is 0. The summed E-state index contributed by atoms with van der Waals surface area (Å²) in [5.41, 5.74) is 1.05. The zero-order valence-corrected chi connectivity index (χ0v) is 12.9. The molecule has 0 radical (unpaired) electrons. The summed E-state index contributed by atoms with van der Waals surface area (Å²) < 4.78 is 21.9. The Morgan fingerprint density at radius 3 is 2.40 bits per heavy atom. The van der Waals surface area contributed by atoms with Crippen LogP contribution in [-0.4, -0.2) is 31.2 Å². The lowest BCUT2D eigenvalue weighted by Crippen LogP contribution is -2.43. The maximum Gasteiger partial charge on any atom is 0.255 e. The molecule has 1 atom stereocenters. The molecule has 0 bridgehead atoms. The van der Waals surface area contributed by atoms with Gasteiger partial charge in [-0.05, 0) is 31.5 Å². The van der Waals surface area contributed by atoms with Crippen LogP contribution >= 0.6 is 11.6 Å². The lowest BCUT2D eigenvalue weighted by Gasteiger charge is -2.21. The van der Waals surface area contributed by atoms with Gasteiger partial charge in [-0.3, -0.25) is 9.59 Å². The van der Waals surface area contributed by atoms with Gasteiger partial charge in [0.05, 0.1) is 17.1 Å². The highest BCUT2D eigenvalue weighted by Crippen LogP contribution is 2.37. The lowest BCUT2D eigenvalue weighted by molar-refractivity contribution is -0.121. The minimum absolute atomic E-state index is 0.231. The van der Waals surface area contributed by atoms with E-state index in [9.17, 15) is 18.0 Å². The van der Waals surface area contributed by atoms with E-state index in [1.54, 1.807) is 25.1 Å². The van der Waals surface area contributed by atoms with Crippen LogP contribution in [0.3, 0.4) is 0 Å². The quantitative estimate of drug-likeness (QED) is 0.779. The van der Waals surface area contributed by atoms with Crippen molar-refractivity contribution in [2.75, 3.05) is 11.2 Å². The van der Waals surface area contributed by atoms with Gasteiger partial charge < -0.3 is 0 Å². The van der Waals surface area contributed by atoms with Gasteiger partial charge in [-0.2, -0.15) is 0 Å². The van der Waals surface area contributed by atoms with E-state index in [1.165, 1.54) is 6.92 Å². The van der Waals surface area contributed by atoms with Crippen LogP contribution in [-0.2, 0) is 19.4 Å². The van der Waals surface area contributed by atoms with Gasteiger partial charge >= 0.3 is 0 Å². The molecule has 108 valence electrons. The largest absolute Gasteiger partial charge is 0.274 e. The molecule has 0 saturated carbocycles. The van der Waals surface area contributed by atoms with Crippen LogP contribution in [0.2, 0.25) is 5.02 Å². The molecule has 1 aliphatic heterocycles. The summed E-state index contributed by atoms with van der Waals surface area (Å²) in [6.07, 6.45) is 0.592. The first kappa shape index (κ1) is 15.0. The average Bonchev–Trinajstić information content (AvgIpc) is 2.54. The van der Waals surface area contributed by atoms with E-state index in [2.05, 4.69) is 0 Å². The molecule has 1 aromatic rings. The predicted molar refractivity (Wildman–Crippen MR) is 76.5 cm³/mol. The van der Waals surface area contributed by atoms with E-state index in [0.717, 1.165) is 16.7 Å². The highest BCUT2D eigenvalue weighted by atomic mass is 35.5. The first-order valence-electron chi connectivity index (χ1n) is 5.91. The summed E-state index contributed by atoms with van der Waals surface area (Å²) in [7, 11) is -3.70. The third-order valence-corrected chi connectivity index (χ3v) is 5.83. The fourth-order valence-electron chi connectivity index (χ4n) is 2.12. The van der Waals surface area contributed by atoms with Crippen molar-refractivity contribution in [1.29, 1.82) is 0 Å². The maximum atomic E-state index is 12.4. The third kappa shape index (κ3) is 2.13. The minimum Gasteiger partial charge on any atom is -0.274 e. The molecule has 1 saturated heterocycles. The van der Waals surface area contributed by atoms with Gasteiger partial charge in [0, 0.05) is 6.26 Å². The van der Waals surface area contributed by atoms with Gasteiger partial charge in [0.25, 0.3) is 5.91 Å². The van der Waals surface area contributed by atoms with Crippen molar-refractivity contribution >= 4 is 38.9 Å². The molecule has 0 aromatic heterocycles. The summed E-state index contributed by atoms with van der Waals surface area (Å²) >= 11 is 6.02. The summed E-state index contributed by atoms with van der Waals surface area (Å²) in [4.78, 5) is 25.4. The van der Waals surface area contributed by atoms with Crippen LogP contribution in [0.25, 0.3) is 0 Å². The zero-order chi connectivity index (χ0) is 15.3. The first-order chi connectivity index (χ1) is 9.08. The Morgan fingerprint density at radius 2 is 1.90 bits per heavy atom. The second-order valence-electron chi connectivity index (χ2n) is 5.17. The monoisotopic (exact) mass is 315 g/mol. The molecule has 2 amide bonds. The highest BCUT2D eigenvalue weighted by molar-refractivity contribution is 7.93. The van der Waals surface area contributed by atoms with E-state index in [0.29, 0.717) is 0 Å². The second-order valence-corrected chi connectivity index (χ2v) is 8.02. The molecule has 0 N–H and O–H groups in total. The number of rotatable bonds is 2. The Labute approximate surface area is 122 Å². The number of hydrogen-bond acceptors (Lipinski definition) is 4. The van der Waals surface area contributed by atoms with Crippen molar-refractivity contribution in [3.8, 4) is 0 Å². The second kappa shape index (κ2) is 4.56. The topological polar surface area (TPSA) is 71.5 Å². The van der Waals surface area contributed by atoms with Crippen LogP contribution in [0.1, 0.15) is 18.9 Å². The van der Waals surface area contributed by atoms with E-state index >= 15 is 0 Å². The Morgan fingerprint density at radius 1 is 1.30 bits per heavy atom. The summed E-state index contributed by atoms with van der Waals surface area (Å²) in [5, 5.41) is 0.232. The molecule has 7 heteroatoms. The van der Waals surface area contributed by atoms with Crippen molar-refractivity contribution in [1.82, 2.24) is 0 Å². The van der Waals surface area contributed by atoms with Crippen LogP contribution in [0.5, 0.6) is 0 Å². The molecule has 1 aliphatic rings. The number of amides is 2.